The highest BCUT2D eigenvalue weighted by Gasteiger charge is 2.07. The van der Waals surface area contributed by atoms with Crippen LogP contribution in [-0.4, -0.2) is 15.2 Å². The third kappa shape index (κ3) is 8.87. The number of benzene rings is 2. The first kappa shape index (κ1) is 25.1. The van der Waals surface area contributed by atoms with Crippen molar-refractivity contribution in [1.29, 1.82) is 0 Å². The Morgan fingerprint density at radius 3 is 2.10 bits per heavy atom. The van der Waals surface area contributed by atoms with Gasteiger partial charge in [-0.3, -0.25) is 0 Å². The molecule has 1 unspecified atom stereocenters. The van der Waals surface area contributed by atoms with E-state index in [9.17, 15) is 0 Å². The molecule has 3 rings (SSSR count). The van der Waals surface area contributed by atoms with Gasteiger partial charge >= 0.3 is 8.25 Å². The van der Waals surface area contributed by atoms with Crippen LogP contribution in [0.2, 0.25) is 10.0 Å². The van der Waals surface area contributed by atoms with Crippen molar-refractivity contribution in [1.82, 2.24) is 9.97 Å². The minimum absolute atomic E-state index is 0. The Balaban J connectivity index is 0.000000770. The van der Waals surface area contributed by atoms with Crippen LogP contribution in [0, 0.1) is 0 Å². The zero-order chi connectivity index (χ0) is 22.6. The van der Waals surface area contributed by atoms with E-state index in [1.807, 2.05) is 43.3 Å². The van der Waals surface area contributed by atoms with Gasteiger partial charge in [-0.15, -0.1) is 0 Å². The molecule has 0 aliphatic heterocycles. The Labute approximate surface area is 193 Å². The first-order valence-electron chi connectivity index (χ1n) is 9.39. The Morgan fingerprint density at radius 1 is 1.00 bits per heavy atom. The molecule has 0 radical (unpaired) electrons. The fourth-order valence-corrected chi connectivity index (χ4v) is 3.14. The van der Waals surface area contributed by atoms with E-state index in [1.54, 1.807) is 6.33 Å². The molecule has 31 heavy (non-hydrogen) atoms. The number of halogens is 2. The maximum absolute atomic E-state index is 8.93. The van der Waals surface area contributed by atoms with Crippen LogP contribution in [0.15, 0.2) is 54.9 Å². The van der Waals surface area contributed by atoms with Crippen molar-refractivity contribution >= 4 is 31.5 Å². The van der Waals surface area contributed by atoms with Crippen molar-refractivity contribution in [3.63, 3.8) is 0 Å². The highest BCUT2D eigenvalue weighted by Crippen LogP contribution is 2.24. The summed E-state index contributed by atoms with van der Waals surface area (Å²) in [6.45, 7) is 2.05. The van der Waals surface area contributed by atoms with Gasteiger partial charge in [-0.05, 0) is 72.2 Å². The van der Waals surface area contributed by atoms with E-state index in [4.69, 9.17) is 42.7 Å². The molecule has 1 atom stereocenters. The average molecular weight is 485 g/mol. The fraction of sp³-hybridized carbons (Fsp3) is 0.238. The molecule has 10 heteroatoms. The van der Waals surface area contributed by atoms with Gasteiger partial charge in [-0.1, -0.05) is 42.3 Å². The number of hydrogen-bond donors (Lipinski definition) is 1. The highest BCUT2D eigenvalue weighted by molar-refractivity contribution is 7.30. The van der Waals surface area contributed by atoms with Gasteiger partial charge < -0.3 is 9.63 Å². The molecule has 1 aromatic heterocycles. The monoisotopic (exact) mass is 484 g/mol. The molecule has 0 aliphatic rings. The average Bonchev–Trinajstić information content (AvgIpc) is 2.78. The summed E-state index contributed by atoms with van der Waals surface area (Å²) in [6.07, 6.45) is 5.21. The molecule has 7 nitrogen and oxygen atoms in total. The molecule has 0 saturated carbocycles. The molecule has 0 amide bonds. The van der Waals surface area contributed by atoms with Gasteiger partial charge in [-0.25, -0.2) is 15.2 Å². The molecule has 0 saturated heterocycles. The van der Waals surface area contributed by atoms with Gasteiger partial charge in [0.1, 0.15) is 17.8 Å². The summed E-state index contributed by atoms with van der Waals surface area (Å²) < 4.78 is 17.4. The Morgan fingerprint density at radius 2 is 1.55 bits per heavy atom. The number of aryl methyl sites for hydroxylation is 3. The van der Waals surface area contributed by atoms with Crippen LogP contribution in [0.3, 0.4) is 0 Å². The lowest BCUT2D eigenvalue weighted by Crippen LogP contribution is -1.99. The summed E-state index contributed by atoms with van der Waals surface area (Å²) in [6, 6.07) is 15.5. The van der Waals surface area contributed by atoms with Crippen molar-refractivity contribution in [3.05, 3.63) is 81.9 Å². The summed E-state index contributed by atoms with van der Waals surface area (Å²) in [4.78, 5) is 17.5. The first-order chi connectivity index (χ1) is 14.9. The van der Waals surface area contributed by atoms with Crippen molar-refractivity contribution in [3.8, 4) is 11.5 Å². The van der Waals surface area contributed by atoms with Crippen LogP contribution in [0.1, 0.15) is 31.7 Å². The second-order valence-corrected chi connectivity index (χ2v) is 7.72. The van der Waals surface area contributed by atoms with Crippen LogP contribution in [0.5, 0.6) is 11.5 Å². The number of aromatic nitrogens is 2. The smallest absolute Gasteiger partial charge is 0.521 e. The molecule has 0 spiro atoms. The van der Waals surface area contributed by atoms with E-state index < -0.39 is 8.25 Å². The summed E-state index contributed by atoms with van der Waals surface area (Å²) >= 11 is 12.2. The van der Waals surface area contributed by atoms with Crippen LogP contribution < -0.4 is 9.63 Å². The molecule has 0 aliphatic carbocycles. The Hall–Kier alpha value is -2.12. The number of hydrogen-bond acceptors (Lipinski definition) is 7. The van der Waals surface area contributed by atoms with Crippen molar-refractivity contribution in [2.75, 3.05) is 0 Å². The van der Waals surface area contributed by atoms with Gasteiger partial charge in [0.05, 0.1) is 16.4 Å². The molecule has 0 bridgehead atoms. The van der Waals surface area contributed by atoms with E-state index in [2.05, 4.69) is 26.8 Å². The Bertz CT molecular complexity index is 979. The van der Waals surface area contributed by atoms with Gasteiger partial charge in [0.15, 0.2) is 0 Å². The van der Waals surface area contributed by atoms with Crippen LogP contribution in [-0.2, 0) is 28.5 Å². The van der Waals surface area contributed by atoms with Crippen LogP contribution in [0.25, 0.3) is 0 Å². The lowest BCUT2D eigenvalue weighted by Gasteiger charge is -2.08. The largest absolute Gasteiger partial charge is 0.565 e. The first-order valence-corrected chi connectivity index (χ1v) is 11.2. The van der Waals surface area contributed by atoms with Gasteiger partial charge in [0.2, 0.25) is 0 Å². The standard InChI is InChI=1S/C21H20Cl2N2O.HO4P.H2/c1-2-19-21(23)20(25-14-24-19)5-3-4-15-6-10-17(11-7-15)26-18-12-8-16(22)9-13-18;1-4-5(2)3;/h6-14H,2-5H2,1H3;1H;1H. The van der Waals surface area contributed by atoms with E-state index in [0.29, 0.717) is 10.0 Å². The predicted octanol–water partition coefficient (Wildman–Crippen LogP) is 6.05. The van der Waals surface area contributed by atoms with Gasteiger partial charge in [-0.2, -0.15) is 0 Å². The van der Waals surface area contributed by atoms with Crippen molar-refractivity contribution < 1.29 is 25.6 Å². The molecule has 1 N–H and O–H groups in total. The molecule has 166 valence electrons. The summed E-state index contributed by atoms with van der Waals surface area (Å²) in [5.41, 5.74) is 3.11. The molecular formula is C21H23Cl2N2O5P. The quantitative estimate of drug-likeness (QED) is 0.235. The lowest BCUT2D eigenvalue weighted by atomic mass is 10.1. The molecule has 2 aromatic carbocycles. The summed E-state index contributed by atoms with van der Waals surface area (Å²) in [5, 5.41) is 8.45. The minimum Gasteiger partial charge on any atom is -0.565 e. The predicted molar refractivity (Wildman–Crippen MR) is 120 cm³/mol. The summed E-state index contributed by atoms with van der Waals surface area (Å²) in [5.74, 6) is 1.58. The van der Waals surface area contributed by atoms with Gasteiger partial charge in [0, 0.05) is 11.1 Å². The number of ether oxygens (including phenoxy) is 1. The van der Waals surface area contributed by atoms with E-state index in [-0.39, 0.29) is 1.43 Å². The second-order valence-electron chi connectivity index (χ2n) is 6.29. The zero-order valence-corrected chi connectivity index (χ0v) is 19.1. The zero-order valence-electron chi connectivity index (χ0n) is 16.7. The highest BCUT2D eigenvalue weighted by atomic mass is 35.5. The third-order valence-corrected chi connectivity index (χ3v) is 5.01. The summed E-state index contributed by atoms with van der Waals surface area (Å²) in [7, 11) is -3.04. The minimum atomic E-state index is -3.04. The van der Waals surface area contributed by atoms with Gasteiger partial charge in [0.25, 0.3) is 0 Å². The maximum atomic E-state index is 8.93. The van der Waals surface area contributed by atoms with E-state index in [0.717, 1.165) is 48.6 Å². The molecule has 3 aromatic rings. The Kier molecular flexibility index (Phi) is 10.8. The molecule has 0 fully saturated rings. The second kappa shape index (κ2) is 13.3. The van der Waals surface area contributed by atoms with Crippen molar-refractivity contribution in [2.24, 2.45) is 0 Å². The third-order valence-electron chi connectivity index (χ3n) is 4.19. The maximum Gasteiger partial charge on any atom is 0.521 e. The molecular weight excluding hydrogens is 462 g/mol. The SMILES string of the molecule is CCc1ncnc(CCCc2ccc(Oc3ccc(Cl)cc3)cc2)c1Cl.O=[P+]([O-])OO.[HH]. The van der Waals surface area contributed by atoms with E-state index >= 15 is 0 Å². The number of rotatable bonds is 8. The fourth-order valence-electron chi connectivity index (χ4n) is 2.69. The van der Waals surface area contributed by atoms with Crippen LogP contribution >= 0.6 is 31.5 Å². The van der Waals surface area contributed by atoms with Crippen LogP contribution in [0.4, 0.5) is 0 Å². The molecule has 1 heterocycles. The number of nitrogens with zero attached hydrogens (tertiary/aromatic N) is 2. The normalized spacial score (nSPS) is 10.8. The topological polar surface area (TPSA) is 105 Å². The van der Waals surface area contributed by atoms with E-state index in [1.165, 1.54) is 5.56 Å². The van der Waals surface area contributed by atoms with Crippen molar-refractivity contribution in [2.45, 2.75) is 32.6 Å². The lowest BCUT2D eigenvalue weighted by molar-refractivity contribution is -0.244.